The van der Waals surface area contributed by atoms with E-state index >= 15 is 0 Å². The van der Waals surface area contributed by atoms with Crippen molar-refractivity contribution in [3.05, 3.63) is 84.4 Å². The summed E-state index contributed by atoms with van der Waals surface area (Å²) >= 11 is 0. The van der Waals surface area contributed by atoms with E-state index in [1.54, 1.807) is 12.1 Å². The van der Waals surface area contributed by atoms with Crippen LogP contribution in [0.2, 0.25) is 0 Å². The summed E-state index contributed by atoms with van der Waals surface area (Å²) in [6.45, 7) is 1.62. The second-order valence-corrected chi connectivity index (χ2v) is 9.72. The Morgan fingerprint density at radius 3 is 2.15 bits per heavy atom. The van der Waals surface area contributed by atoms with Gasteiger partial charge in [-0.25, -0.2) is 18.4 Å². The Labute approximate surface area is 192 Å². The second-order valence-electron chi connectivity index (χ2n) is 7.78. The van der Waals surface area contributed by atoms with Gasteiger partial charge in [0, 0.05) is 31.7 Å². The fraction of sp³-hybridized carbons (Fsp3) is 0.160. The van der Waals surface area contributed by atoms with Gasteiger partial charge in [-0.3, -0.25) is 0 Å². The number of nitriles is 1. The molecule has 7 nitrogen and oxygen atoms in total. The van der Waals surface area contributed by atoms with Crippen molar-refractivity contribution >= 4 is 26.9 Å². The third-order valence-electron chi connectivity index (χ3n) is 5.74. The van der Waals surface area contributed by atoms with E-state index in [0.717, 1.165) is 28.1 Å². The lowest BCUT2D eigenvalue weighted by Crippen LogP contribution is -2.49. The van der Waals surface area contributed by atoms with Gasteiger partial charge in [0.1, 0.15) is 5.69 Å². The van der Waals surface area contributed by atoms with E-state index in [4.69, 9.17) is 15.2 Å². The Morgan fingerprint density at radius 1 is 0.788 bits per heavy atom. The van der Waals surface area contributed by atoms with E-state index in [-0.39, 0.29) is 4.90 Å². The van der Waals surface area contributed by atoms with Gasteiger partial charge in [0.2, 0.25) is 10.0 Å². The summed E-state index contributed by atoms with van der Waals surface area (Å²) in [5, 5.41) is 9.12. The molecule has 5 rings (SSSR count). The van der Waals surface area contributed by atoms with Crippen LogP contribution in [0.1, 0.15) is 5.56 Å². The van der Waals surface area contributed by atoms with Crippen LogP contribution in [0, 0.1) is 11.3 Å². The van der Waals surface area contributed by atoms with Crippen LogP contribution in [-0.2, 0) is 10.0 Å². The highest BCUT2D eigenvalue weighted by molar-refractivity contribution is 7.89. The van der Waals surface area contributed by atoms with Gasteiger partial charge >= 0.3 is 0 Å². The zero-order valence-electron chi connectivity index (χ0n) is 17.8. The number of piperazine rings is 1. The first-order chi connectivity index (χ1) is 16.1. The van der Waals surface area contributed by atoms with Gasteiger partial charge in [0.25, 0.3) is 0 Å². The summed E-state index contributed by atoms with van der Waals surface area (Å²) < 4.78 is 27.7. The van der Waals surface area contributed by atoms with Crippen molar-refractivity contribution in [3.8, 4) is 17.3 Å². The zero-order chi connectivity index (χ0) is 22.8. The molecular weight excluding hydrogens is 434 g/mol. The normalized spacial score (nSPS) is 14.8. The van der Waals surface area contributed by atoms with E-state index < -0.39 is 10.0 Å². The molecule has 0 radical (unpaired) electrons. The molecule has 0 atom stereocenters. The minimum atomic E-state index is -3.68. The van der Waals surface area contributed by atoms with E-state index in [2.05, 4.69) is 4.90 Å². The van der Waals surface area contributed by atoms with Gasteiger partial charge in [0.05, 0.1) is 27.6 Å². The van der Waals surface area contributed by atoms with E-state index in [9.17, 15) is 8.42 Å². The van der Waals surface area contributed by atoms with Crippen molar-refractivity contribution in [1.82, 2.24) is 14.3 Å². The lowest BCUT2D eigenvalue weighted by atomic mass is 10.1. The Balaban J connectivity index is 1.45. The molecule has 8 heteroatoms. The third-order valence-corrected chi connectivity index (χ3v) is 7.63. The summed E-state index contributed by atoms with van der Waals surface area (Å²) in [4.78, 5) is 12.0. The molecule has 2 heterocycles. The molecule has 0 unspecified atom stereocenters. The summed E-state index contributed by atoms with van der Waals surface area (Å²) in [5.74, 6) is 0.753. The lowest BCUT2D eigenvalue weighted by molar-refractivity contribution is 0.384. The maximum Gasteiger partial charge on any atom is 0.243 e. The first-order valence-electron chi connectivity index (χ1n) is 10.6. The lowest BCUT2D eigenvalue weighted by Gasteiger charge is -2.35. The van der Waals surface area contributed by atoms with Crippen LogP contribution in [0.5, 0.6) is 0 Å². The number of hydrogen-bond acceptors (Lipinski definition) is 6. The first-order valence-corrected chi connectivity index (χ1v) is 12.1. The molecule has 3 aromatic carbocycles. The molecule has 1 aliphatic rings. The number of aromatic nitrogens is 2. The Morgan fingerprint density at radius 2 is 1.45 bits per heavy atom. The molecule has 0 spiro atoms. The van der Waals surface area contributed by atoms with E-state index in [1.165, 1.54) is 16.4 Å². The topological polar surface area (TPSA) is 90.2 Å². The van der Waals surface area contributed by atoms with Gasteiger partial charge in [0.15, 0.2) is 5.82 Å². The molecule has 33 heavy (non-hydrogen) atoms. The minimum Gasteiger partial charge on any atom is -0.352 e. The van der Waals surface area contributed by atoms with Crippen LogP contribution >= 0.6 is 0 Å². The number of rotatable bonds is 4. The number of hydrogen-bond donors (Lipinski definition) is 0. The summed E-state index contributed by atoms with van der Waals surface area (Å²) in [6, 6.07) is 25.8. The van der Waals surface area contributed by atoms with Crippen molar-refractivity contribution in [2.45, 2.75) is 4.90 Å². The largest absolute Gasteiger partial charge is 0.352 e. The van der Waals surface area contributed by atoms with Gasteiger partial charge in [-0.1, -0.05) is 48.5 Å². The molecule has 1 saturated heterocycles. The van der Waals surface area contributed by atoms with Crippen LogP contribution in [0.25, 0.3) is 22.3 Å². The Bertz CT molecular complexity index is 1460. The van der Waals surface area contributed by atoms with Crippen molar-refractivity contribution in [3.63, 3.8) is 0 Å². The van der Waals surface area contributed by atoms with E-state index in [0.29, 0.717) is 31.7 Å². The highest BCUT2D eigenvalue weighted by Crippen LogP contribution is 2.31. The minimum absolute atomic E-state index is 0.144. The fourth-order valence-corrected chi connectivity index (χ4v) is 5.48. The number of fused-ring (bicyclic) bond motifs is 1. The molecule has 0 saturated carbocycles. The van der Waals surface area contributed by atoms with Crippen molar-refractivity contribution in [1.29, 1.82) is 5.26 Å². The molecule has 4 aromatic rings. The monoisotopic (exact) mass is 455 g/mol. The molecule has 1 aromatic heterocycles. The molecule has 0 amide bonds. The quantitative estimate of drug-likeness (QED) is 0.466. The third kappa shape index (κ3) is 4.04. The Hall–Kier alpha value is -3.80. The van der Waals surface area contributed by atoms with Gasteiger partial charge < -0.3 is 4.90 Å². The average molecular weight is 456 g/mol. The number of para-hydroxylation sites is 2. The van der Waals surface area contributed by atoms with Gasteiger partial charge in [-0.05, 0) is 30.3 Å². The standard InChI is InChI=1S/C25H21N5O2S/c26-18-19-7-6-10-21(17-19)33(31,32)30-15-13-29(14-16-30)25-24(20-8-2-1-3-9-20)27-22-11-4-5-12-23(22)28-25/h1-12,17H,13-16H2. The zero-order valence-corrected chi connectivity index (χ0v) is 18.6. The molecule has 1 fully saturated rings. The smallest absolute Gasteiger partial charge is 0.243 e. The molecule has 0 N–H and O–H groups in total. The Kier molecular flexibility index (Phi) is 5.50. The summed E-state index contributed by atoms with van der Waals surface area (Å²) in [6.07, 6.45) is 0. The molecule has 1 aliphatic heterocycles. The number of benzene rings is 3. The van der Waals surface area contributed by atoms with Crippen molar-refractivity contribution in [2.75, 3.05) is 31.1 Å². The predicted molar refractivity (Wildman–Crippen MR) is 127 cm³/mol. The number of nitrogens with zero attached hydrogens (tertiary/aromatic N) is 5. The average Bonchev–Trinajstić information content (AvgIpc) is 2.88. The highest BCUT2D eigenvalue weighted by atomic mass is 32.2. The summed E-state index contributed by atoms with van der Waals surface area (Å²) in [5.41, 5.74) is 3.70. The maximum absolute atomic E-state index is 13.1. The van der Waals surface area contributed by atoms with Crippen LogP contribution in [0.3, 0.4) is 0 Å². The van der Waals surface area contributed by atoms with Gasteiger partial charge in [-0.15, -0.1) is 0 Å². The van der Waals surface area contributed by atoms with Crippen LogP contribution in [0.15, 0.2) is 83.8 Å². The van der Waals surface area contributed by atoms with Gasteiger partial charge in [-0.2, -0.15) is 9.57 Å². The summed E-state index contributed by atoms with van der Waals surface area (Å²) in [7, 11) is -3.68. The van der Waals surface area contributed by atoms with Crippen molar-refractivity contribution < 1.29 is 8.42 Å². The number of anilines is 1. The van der Waals surface area contributed by atoms with E-state index in [1.807, 2.05) is 60.7 Å². The first kappa shape index (κ1) is 21.1. The van der Waals surface area contributed by atoms with Crippen LogP contribution < -0.4 is 4.90 Å². The molecule has 0 bridgehead atoms. The molecule has 0 aliphatic carbocycles. The van der Waals surface area contributed by atoms with Crippen molar-refractivity contribution in [2.24, 2.45) is 0 Å². The molecular formula is C25H21N5O2S. The van der Waals surface area contributed by atoms with Crippen LogP contribution in [0.4, 0.5) is 5.82 Å². The predicted octanol–water partition coefficient (Wildman–Crippen LogP) is 3.68. The highest BCUT2D eigenvalue weighted by Gasteiger charge is 2.30. The van der Waals surface area contributed by atoms with Crippen LogP contribution in [-0.4, -0.2) is 48.9 Å². The second kappa shape index (κ2) is 8.62. The number of sulfonamides is 1. The SMILES string of the molecule is N#Cc1cccc(S(=O)(=O)N2CCN(c3nc4ccccc4nc3-c3ccccc3)CC2)c1. The fourth-order valence-electron chi connectivity index (χ4n) is 4.02. The maximum atomic E-state index is 13.1. The molecule has 164 valence electrons.